The molecule has 1 aromatic rings. The maximum atomic E-state index is 11.7. The van der Waals surface area contributed by atoms with Gasteiger partial charge in [0.25, 0.3) is 0 Å². The standard InChI is InChI=1S/C13H19NOS2/c1-13(2,16)10-14-8-9-17-12(15)11-6-4-3-5-7-11/h3-7,14,16H,8-10H2,1-2H3. The molecule has 2 nitrogen and oxygen atoms in total. The zero-order valence-corrected chi connectivity index (χ0v) is 12.0. The molecule has 0 saturated carbocycles. The second-order valence-corrected chi connectivity index (χ2v) is 6.77. The van der Waals surface area contributed by atoms with E-state index in [2.05, 4.69) is 31.8 Å². The van der Waals surface area contributed by atoms with Crippen molar-refractivity contribution in [1.29, 1.82) is 0 Å². The summed E-state index contributed by atoms with van der Waals surface area (Å²) in [5, 5.41) is 3.42. The van der Waals surface area contributed by atoms with Crippen molar-refractivity contribution in [3.8, 4) is 0 Å². The Kier molecular flexibility index (Phi) is 6.09. The third kappa shape index (κ3) is 6.76. The van der Waals surface area contributed by atoms with Gasteiger partial charge in [0.05, 0.1) is 0 Å². The highest BCUT2D eigenvalue weighted by molar-refractivity contribution is 8.14. The van der Waals surface area contributed by atoms with Crippen LogP contribution in [0.5, 0.6) is 0 Å². The third-order valence-corrected chi connectivity index (χ3v) is 3.14. The van der Waals surface area contributed by atoms with Crippen LogP contribution in [0.15, 0.2) is 30.3 Å². The van der Waals surface area contributed by atoms with Gasteiger partial charge in [0.15, 0.2) is 0 Å². The first-order chi connectivity index (χ1) is 7.99. The number of rotatable bonds is 6. The Morgan fingerprint density at radius 1 is 1.35 bits per heavy atom. The van der Waals surface area contributed by atoms with E-state index in [4.69, 9.17) is 0 Å². The highest BCUT2D eigenvalue weighted by atomic mass is 32.2. The molecule has 0 fully saturated rings. The van der Waals surface area contributed by atoms with Gasteiger partial charge in [-0.15, -0.1) is 0 Å². The van der Waals surface area contributed by atoms with Crippen LogP contribution >= 0.6 is 24.4 Å². The summed E-state index contributed by atoms with van der Waals surface area (Å²) in [6.45, 7) is 5.79. The molecule has 0 aliphatic rings. The molecule has 4 heteroatoms. The lowest BCUT2D eigenvalue weighted by Gasteiger charge is -2.17. The quantitative estimate of drug-likeness (QED) is 0.614. The molecule has 0 radical (unpaired) electrons. The molecule has 0 aliphatic carbocycles. The molecule has 0 atom stereocenters. The summed E-state index contributed by atoms with van der Waals surface area (Å²) in [7, 11) is 0. The summed E-state index contributed by atoms with van der Waals surface area (Å²) < 4.78 is -0.00585. The van der Waals surface area contributed by atoms with Crippen molar-refractivity contribution in [2.75, 3.05) is 18.8 Å². The van der Waals surface area contributed by atoms with Crippen LogP contribution < -0.4 is 5.32 Å². The smallest absolute Gasteiger partial charge is 0.219 e. The highest BCUT2D eigenvalue weighted by Crippen LogP contribution is 2.12. The Hall–Kier alpha value is -0.450. The lowest BCUT2D eigenvalue weighted by atomic mass is 10.2. The molecular formula is C13H19NOS2. The van der Waals surface area contributed by atoms with E-state index < -0.39 is 0 Å². The molecule has 0 heterocycles. The Morgan fingerprint density at radius 3 is 2.59 bits per heavy atom. The van der Waals surface area contributed by atoms with E-state index in [9.17, 15) is 4.79 Å². The molecule has 1 N–H and O–H groups in total. The van der Waals surface area contributed by atoms with Gasteiger partial charge in [-0.1, -0.05) is 42.1 Å². The second-order valence-electron chi connectivity index (χ2n) is 4.49. The fraction of sp³-hybridized carbons (Fsp3) is 0.462. The van der Waals surface area contributed by atoms with Crippen molar-refractivity contribution >= 4 is 29.5 Å². The van der Waals surface area contributed by atoms with E-state index in [0.717, 1.165) is 24.4 Å². The predicted octanol–water partition coefficient (Wildman–Crippen LogP) is 2.86. The number of carbonyl (C=O) groups is 1. The van der Waals surface area contributed by atoms with E-state index in [1.807, 2.05) is 30.3 Å². The Morgan fingerprint density at radius 2 is 2.00 bits per heavy atom. The van der Waals surface area contributed by atoms with Crippen molar-refractivity contribution in [3.05, 3.63) is 35.9 Å². The van der Waals surface area contributed by atoms with Crippen LogP contribution in [-0.4, -0.2) is 28.7 Å². The average Bonchev–Trinajstić information content (AvgIpc) is 2.28. The van der Waals surface area contributed by atoms with Crippen molar-refractivity contribution in [2.24, 2.45) is 0 Å². The first-order valence-electron chi connectivity index (χ1n) is 5.64. The fourth-order valence-electron chi connectivity index (χ4n) is 1.27. The molecule has 0 bridgehead atoms. The largest absolute Gasteiger partial charge is 0.315 e. The highest BCUT2D eigenvalue weighted by Gasteiger charge is 2.10. The predicted molar refractivity (Wildman–Crippen MR) is 79.2 cm³/mol. The summed E-state index contributed by atoms with van der Waals surface area (Å²) in [4.78, 5) is 11.7. The number of nitrogens with one attached hydrogen (secondary N) is 1. The maximum Gasteiger partial charge on any atom is 0.219 e. The summed E-state index contributed by atoms with van der Waals surface area (Å²) in [6, 6.07) is 9.38. The minimum atomic E-state index is -0.00585. The zero-order valence-electron chi connectivity index (χ0n) is 10.3. The molecule has 0 unspecified atom stereocenters. The number of hydrogen-bond acceptors (Lipinski definition) is 4. The summed E-state index contributed by atoms with van der Waals surface area (Å²) in [5.74, 6) is 0.789. The topological polar surface area (TPSA) is 29.1 Å². The van der Waals surface area contributed by atoms with Crippen LogP contribution in [0.3, 0.4) is 0 Å². The third-order valence-electron chi connectivity index (χ3n) is 2.08. The van der Waals surface area contributed by atoms with Crippen molar-refractivity contribution in [2.45, 2.75) is 18.6 Å². The van der Waals surface area contributed by atoms with E-state index in [-0.39, 0.29) is 9.86 Å². The molecule has 17 heavy (non-hydrogen) atoms. The summed E-state index contributed by atoms with van der Waals surface area (Å²) >= 11 is 5.77. The first kappa shape index (κ1) is 14.6. The lowest BCUT2D eigenvalue weighted by Crippen LogP contribution is -2.31. The van der Waals surface area contributed by atoms with Crippen LogP contribution in [0.25, 0.3) is 0 Å². The van der Waals surface area contributed by atoms with Crippen LogP contribution in [0.1, 0.15) is 24.2 Å². The van der Waals surface area contributed by atoms with Gasteiger partial charge in [0.2, 0.25) is 5.12 Å². The molecule has 0 saturated heterocycles. The van der Waals surface area contributed by atoms with E-state index in [1.54, 1.807) is 0 Å². The molecule has 1 aromatic carbocycles. The Labute approximate surface area is 113 Å². The van der Waals surface area contributed by atoms with Crippen LogP contribution in [0, 0.1) is 0 Å². The number of thioether (sulfide) groups is 1. The number of thiol groups is 1. The summed E-state index contributed by atoms with van der Waals surface area (Å²) in [5.41, 5.74) is 0.770. The summed E-state index contributed by atoms with van der Waals surface area (Å²) in [6.07, 6.45) is 0. The number of carbonyl (C=O) groups excluding carboxylic acids is 1. The van der Waals surface area contributed by atoms with Crippen molar-refractivity contribution in [3.63, 3.8) is 0 Å². The van der Waals surface area contributed by atoms with E-state index in [0.29, 0.717) is 0 Å². The van der Waals surface area contributed by atoms with Crippen molar-refractivity contribution < 1.29 is 4.79 Å². The maximum absolute atomic E-state index is 11.7. The van der Waals surface area contributed by atoms with Gasteiger partial charge in [-0.25, -0.2) is 0 Å². The number of benzene rings is 1. The van der Waals surface area contributed by atoms with Gasteiger partial charge in [0, 0.05) is 29.2 Å². The normalized spacial score (nSPS) is 11.5. The molecule has 94 valence electrons. The Bertz CT molecular complexity index is 346. The van der Waals surface area contributed by atoms with Gasteiger partial charge in [-0.3, -0.25) is 4.79 Å². The van der Waals surface area contributed by atoms with Crippen LogP contribution in [0.2, 0.25) is 0 Å². The van der Waals surface area contributed by atoms with Gasteiger partial charge in [-0.2, -0.15) is 12.6 Å². The average molecular weight is 269 g/mol. The molecule has 0 aliphatic heterocycles. The second kappa shape index (κ2) is 7.09. The van der Waals surface area contributed by atoms with Crippen LogP contribution in [0.4, 0.5) is 0 Å². The fourth-order valence-corrected chi connectivity index (χ4v) is 2.11. The van der Waals surface area contributed by atoms with Crippen molar-refractivity contribution in [1.82, 2.24) is 5.32 Å². The molecule has 0 aromatic heterocycles. The van der Waals surface area contributed by atoms with Gasteiger partial charge >= 0.3 is 0 Å². The molecule has 0 spiro atoms. The van der Waals surface area contributed by atoms with Gasteiger partial charge in [-0.05, 0) is 13.8 Å². The van der Waals surface area contributed by atoms with E-state index >= 15 is 0 Å². The Balaban J connectivity index is 2.18. The first-order valence-corrected chi connectivity index (χ1v) is 7.07. The monoisotopic (exact) mass is 269 g/mol. The lowest BCUT2D eigenvalue weighted by molar-refractivity contribution is 0.108. The zero-order chi connectivity index (χ0) is 12.7. The number of hydrogen-bond donors (Lipinski definition) is 2. The van der Waals surface area contributed by atoms with E-state index in [1.165, 1.54) is 11.8 Å². The van der Waals surface area contributed by atoms with Gasteiger partial charge < -0.3 is 5.32 Å². The minimum Gasteiger partial charge on any atom is -0.315 e. The SMILES string of the molecule is CC(C)(S)CNCCSC(=O)c1ccccc1. The molecule has 1 rings (SSSR count). The van der Waals surface area contributed by atoms with Gasteiger partial charge in [0.1, 0.15) is 0 Å². The van der Waals surface area contributed by atoms with Crippen LogP contribution in [-0.2, 0) is 0 Å². The molecular weight excluding hydrogens is 250 g/mol. The minimum absolute atomic E-state index is 0.00585. The molecule has 0 amide bonds.